The smallest absolute Gasteiger partial charge is 0.243 e. The van der Waals surface area contributed by atoms with E-state index in [-0.39, 0.29) is 0 Å². The zero-order valence-corrected chi connectivity index (χ0v) is 13.6. The van der Waals surface area contributed by atoms with Crippen molar-refractivity contribution < 1.29 is 4.74 Å². The van der Waals surface area contributed by atoms with Crippen molar-refractivity contribution in [3.05, 3.63) is 45.5 Å². The number of thiazole rings is 1. The molecule has 3 rings (SSSR count). The Labute approximate surface area is 136 Å². The first-order valence-electron chi connectivity index (χ1n) is 6.47. The van der Waals surface area contributed by atoms with Crippen LogP contribution in [-0.2, 0) is 6.54 Å². The van der Waals surface area contributed by atoms with Gasteiger partial charge >= 0.3 is 0 Å². The van der Waals surface area contributed by atoms with E-state index in [4.69, 9.17) is 27.9 Å². The molecule has 0 aliphatic rings. The minimum atomic E-state index is 0.505. The third-order valence-corrected chi connectivity index (χ3v) is 4.27. The van der Waals surface area contributed by atoms with Gasteiger partial charge in [-0.05, 0) is 18.7 Å². The van der Waals surface area contributed by atoms with Crippen molar-refractivity contribution in [2.45, 2.75) is 13.5 Å². The van der Waals surface area contributed by atoms with Gasteiger partial charge < -0.3 is 10.1 Å². The molecule has 4 nitrogen and oxygen atoms in total. The SMILES string of the molecule is CCNCc1c(Oc2cc(Cl)ccc2Cl)nc2sccn12. The first kappa shape index (κ1) is 14.7. The zero-order chi connectivity index (χ0) is 14.8. The van der Waals surface area contributed by atoms with Crippen LogP contribution in [-0.4, -0.2) is 15.9 Å². The monoisotopic (exact) mass is 341 g/mol. The largest absolute Gasteiger partial charge is 0.436 e. The predicted octanol–water partition coefficient (Wildman–Crippen LogP) is 4.60. The molecule has 0 atom stereocenters. The standard InChI is InChI=1S/C14H13Cl2N3OS/c1-2-17-8-11-13(18-14-19(11)5-6-21-14)20-12-7-9(15)3-4-10(12)16/h3-7,17H,2,8H2,1H3. The van der Waals surface area contributed by atoms with E-state index in [2.05, 4.69) is 17.2 Å². The van der Waals surface area contributed by atoms with Crippen LogP contribution in [0.25, 0.3) is 4.96 Å². The van der Waals surface area contributed by atoms with Gasteiger partial charge in [0.1, 0.15) is 11.4 Å². The van der Waals surface area contributed by atoms with Crippen molar-refractivity contribution in [3.63, 3.8) is 0 Å². The summed E-state index contributed by atoms with van der Waals surface area (Å²) in [7, 11) is 0. The number of nitrogens with one attached hydrogen (secondary N) is 1. The summed E-state index contributed by atoms with van der Waals surface area (Å²) in [5, 5.41) is 6.36. The number of hydrogen-bond acceptors (Lipinski definition) is 4. The molecular weight excluding hydrogens is 329 g/mol. The van der Waals surface area contributed by atoms with Gasteiger partial charge in [-0.3, -0.25) is 4.40 Å². The van der Waals surface area contributed by atoms with E-state index in [9.17, 15) is 0 Å². The number of fused-ring (bicyclic) bond motifs is 1. The Morgan fingerprint density at radius 2 is 2.24 bits per heavy atom. The van der Waals surface area contributed by atoms with Gasteiger partial charge in [-0.2, -0.15) is 4.98 Å². The first-order valence-corrected chi connectivity index (χ1v) is 8.10. The molecule has 0 radical (unpaired) electrons. The highest BCUT2D eigenvalue weighted by molar-refractivity contribution is 7.15. The molecule has 0 spiro atoms. The predicted molar refractivity (Wildman–Crippen MR) is 87.0 cm³/mol. The number of nitrogens with zero attached hydrogens (tertiary/aromatic N) is 2. The van der Waals surface area contributed by atoms with Gasteiger partial charge in [0.2, 0.25) is 5.88 Å². The van der Waals surface area contributed by atoms with Gasteiger partial charge in [-0.15, -0.1) is 11.3 Å². The second kappa shape index (κ2) is 6.23. The summed E-state index contributed by atoms with van der Waals surface area (Å²) < 4.78 is 7.89. The second-order valence-electron chi connectivity index (χ2n) is 4.38. The topological polar surface area (TPSA) is 38.6 Å². The van der Waals surface area contributed by atoms with Crippen LogP contribution in [0, 0.1) is 0 Å². The highest BCUT2D eigenvalue weighted by atomic mass is 35.5. The summed E-state index contributed by atoms with van der Waals surface area (Å²) in [6.07, 6.45) is 1.98. The van der Waals surface area contributed by atoms with Crippen LogP contribution in [0.5, 0.6) is 11.6 Å². The van der Waals surface area contributed by atoms with E-state index in [0.717, 1.165) is 17.2 Å². The number of benzene rings is 1. The maximum Gasteiger partial charge on any atom is 0.243 e. The van der Waals surface area contributed by atoms with Gasteiger partial charge in [0, 0.05) is 29.2 Å². The highest BCUT2D eigenvalue weighted by Crippen LogP contribution is 2.34. The minimum Gasteiger partial charge on any atom is -0.436 e. The average molecular weight is 342 g/mol. The molecule has 1 aromatic carbocycles. The lowest BCUT2D eigenvalue weighted by Gasteiger charge is -2.08. The van der Waals surface area contributed by atoms with Crippen LogP contribution in [0.3, 0.4) is 0 Å². The number of aromatic nitrogens is 2. The Bertz CT molecular complexity index is 769. The van der Waals surface area contributed by atoms with E-state index in [0.29, 0.717) is 28.2 Å². The molecule has 3 aromatic rings. The summed E-state index contributed by atoms with van der Waals surface area (Å²) in [4.78, 5) is 5.39. The van der Waals surface area contributed by atoms with Crippen molar-refractivity contribution in [2.75, 3.05) is 6.54 Å². The summed E-state index contributed by atoms with van der Waals surface area (Å²) in [6, 6.07) is 5.12. The molecular formula is C14H13Cl2N3OS. The molecule has 7 heteroatoms. The molecule has 110 valence electrons. The van der Waals surface area contributed by atoms with E-state index < -0.39 is 0 Å². The molecule has 0 aliphatic carbocycles. The molecule has 0 bridgehead atoms. The quantitative estimate of drug-likeness (QED) is 0.736. The Kier molecular flexibility index (Phi) is 4.35. The third kappa shape index (κ3) is 3.01. The fraction of sp³-hybridized carbons (Fsp3) is 0.214. The van der Waals surface area contributed by atoms with Crippen molar-refractivity contribution >= 4 is 39.5 Å². The Hall–Kier alpha value is -1.27. The number of rotatable bonds is 5. The van der Waals surface area contributed by atoms with Crippen molar-refractivity contribution in [2.24, 2.45) is 0 Å². The van der Waals surface area contributed by atoms with Crippen LogP contribution >= 0.6 is 34.5 Å². The minimum absolute atomic E-state index is 0.505. The fourth-order valence-corrected chi connectivity index (χ4v) is 3.00. The van der Waals surface area contributed by atoms with Gasteiger partial charge in [0.15, 0.2) is 4.96 Å². The first-order chi connectivity index (χ1) is 10.2. The Morgan fingerprint density at radius 3 is 3.05 bits per heavy atom. The molecule has 0 saturated heterocycles. The van der Waals surface area contributed by atoms with Crippen LogP contribution in [0.4, 0.5) is 0 Å². The normalized spacial score (nSPS) is 11.2. The molecule has 2 heterocycles. The zero-order valence-electron chi connectivity index (χ0n) is 11.3. The molecule has 21 heavy (non-hydrogen) atoms. The number of imidazole rings is 1. The lowest BCUT2D eigenvalue weighted by atomic mass is 10.3. The van der Waals surface area contributed by atoms with E-state index in [1.807, 2.05) is 16.0 Å². The van der Waals surface area contributed by atoms with E-state index in [1.165, 1.54) is 0 Å². The summed E-state index contributed by atoms with van der Waals surface area (Å²) in [6.45, 7) is 3.59. The van der Waals surface area contributed by atoms with E-state index in [1.54, 1.807) is 29.5 Å². The van der Waals surface area contributed by atoms with Gasteiger partial charge in [-0.1, -0.05) is 30.1 Å². The summed E-state index contributed by atoms with van der Waals surface area (Å²) in [5.74, 6) is 1.06. The fourth-order valence-electron chi connectivity index (χ4n) is 1.96. The molecule has 2 aromatic heterocycles. The maximum atomic E-state index is 6.14. The Morgan fingerprint density at radius 1 is 1.38 bits per heavy atom. The average Bonchev–Trinajstić information content (AvgIpc) is 3.02. The van der Waals surface area contributed by atoms with Gasteiger partial charge in [0.25, 0.3) is 0 Å². The van der Waals surface area contributed by atoms with Crippen molar-refractivity contribution in [1.29, 1.82) is 0 Å². The molecule has 0 aliphatic heterocycles. The van der Waals surface area contributed by atoms with Crippen LogP contribution in [0.15, 0.2) is 29.8 Å². The number of halogens is 2. The highest BCUT2D eigenvalue weighted by Gasteiger charge is 2.16. The Balaban J connectivity index is 1.99. The molecule has 1 N–H and O–H groups in total. The lowest BCUT2D eigenvalue weighted by Crippen LogP contribution is -2.13. The molecule has 0 amide bonds. The van der Waals surface area contributed by atoms with Crippen LogP contribution in [0.2, 0.25) is 10.0 Å². The van der Waals surface area contributed by atoms with Crippen molar-refractivity contribution in [3.8, 4) is 11.6 Å². The van der Waals surface area contributed by atoms with Crippen LogP contribution in [0.1, 0.15) is 12.6 Å². The third-order valence-electron chi connectivity index (χ3n) is 2.97. The second-order valence-corrected chi connectivity index (χ2v) is 6.09. The van der Waals surface area contributed by atoms with Gasteiger partial charge in [0.05, 0.1) is 5.02 Å². The lowest BCUT2D eigenvalue weighted by molar-refractivity contribution is 0.456. The summed E-state index contributed by atoms with van der Waals surface area (Å²) >= 11 is 13.7. The van der Waals surface area contributed by atoms with Gasteiger partial charge in [-0.25, -0.2) is 0 Å². The number of ether oxygens (including phenoxy) is 1. The maximum absolute atomic E-state index is 6.14. The molecule has 0 unspecified atom stereocenters. The van der Waals surface area contributed by atoms with Crippen LogP contribution < -0.4 is 10.1 Å². The summed E-state index contributed by atoms with van der Waals surface area (Å²) in [5.41, 5.74) is 0.962. The van der Waals surface area contributed by atoms with E-state index >= 15 is 0 Å². The molecule has 0 fully saturated rings. The number of hydrogen-bond donors (Lipinski definition) is 1. The molecule has 0 saturated carbocycles. The van der Waals surface area contributed by atoms with Crippen molar-refractivity contribution in [1.82, 2.24) is 14.7 Å².